The van der Waals surface area contributed by atoms with Crippen LogP contribution in [-0.2, 0) is 6.54 Å². The van der Waals surface area contributed by atoms with Crippen LogP contribution in [0.25, 0.3) is 11.5 Å². The van der Waals surface area contributed by atoms with E-state index in [0.29, 0.717) is 24.6 Å². The minimum absolute atomic E-state index is 0.213. The lowest BCUT2D eigenvalue weighted by Gasteiger charge is -2.28. The molecule has 0 aliphatic carbocycles. The van der Waals surface area contributed by atoms with E-state index in [9.17, 15) is 5.11 Å². The number of hydrogen-bond acceptors (Lipinski definition) is 5. The molecule has 0 saturated carbocycles. The van der Waals surface area contributed by atoms with Crippen LogP contribution in [-0.4, -0.2) is 34.4 Å². The number of aliphatic hydroxyl groups is 1. The van der Waals surface area contributed by atoms with E-state index in [-0.39, 0.29) is 6.10 Å². The van der Waals surface area contributed by atoms with Gasteiger partial charge in [-0.25, -0.2) is 0 Å². The molecule has 2 aromatic rings. The summed E-state index contributed by atoms with van der Waals surface area (Å²) in [5.74, 6) is 1.33. The number of likely N-dealkylation sites (tertiary alicyclic amines) is 1. The molecule has 0 spiro atoms. The van der Waals surface area contributed by atoms with Crippen LogP contribution in [0.1, 0.15) is 18.5 Å². The summed E-state index contributed by atoms with van der Waals surface area (Å²) >= 11 is 0. The number of β-amino-alcohol motifs (C(OH)–C–C–N with tert-alkyl or cyclic N) is 1. The number of furan rings is 1. The van der Waals surface area contributed by atoms with Gasteiger partial charge in [0.25, 0.3) is 0 Å². The first-order valence-electron chi connectivity index (χ1n) is 6.21. The highest BCUT2D eigenvalue weighted by Crippen LogP contribution is 2.21. The number of aliphatic hydroxyl groups excluding tert-OH is 1. The lowest BCUT2D eigenvalue weighted by Crippen LogP contribution is -2.37. The molecule has 1 aliphatic rings. The Hall–Kier alpha value is -1.59. The van der Waals surface area contributed by atoms with Crippen molar-refractivity contribution in [1.29, 1.82) is 0 Å². The lowest BCUT2D eigenvalue weighted by atomic mass is 10.1. The molecule has 5 nitrogen and oxygen atoms in total. The first kappa shape index (κ1) is 11.5. The monoisotopic (exact) mass is 248 g/mol. The van der Waals surface area contributed by atoms with E-state index in [0.717, 1.165) is 25.1 Å². The molecule has 0 bridgehead atoms. The quantitative estimate of drug-likeness (QED) is 0.898. The second kappa shape index (κ2) is 4.96. The molecule has 0 unspecified atom stereocenters. The fraction of sp³-hybridized carbons (Fsp3) is 0.462. The Morgan fingerprint density at radius 3 is 3.17 bits per heavy atom. The second-order valence-electron chi connectivity index (χ2n) is 4.69. The smallest absolute Gasteiger partial charge is 0.202 e. The first-order valence-corrected chi connectivity index (χ1v) is 6.21. The minimum Gasteiger partial charge on any atom is -0.461 e. The maximum absolute atomic E-state index is 9.61. The molecule has 1 aliphatic heterocycles. The highest BCUT2D eigenvalue weighted by atomic mass is 16.5. The Labute approximate surface area is 105 Å². The molecule has 3 heterocycles. The standard InChI is InChI=1S/C13H16N2O3/c16-11-3-1-5-15(9-11)8-10-7-13(18-14-10)12-4-2-6-17-12/h2,4,6-7,11,16H,1,3,5,8-9H2/t11-/m0/s1. The fourth-order valence-corrected chi connectivity index (χ4v) is 2.33. The summed E-state index contributed by atoms with van der Waals surface area (Å²) < 4.78 is 10.5. The normalized spacial score (nSPS) is 21.3. The van der Waals surface area contributed by atoms with Gasteiger partial charge in [-0.15, -0.1) is 0 Å². The number of hydrogen-bond donors (Lipinski definition) is 1. The van der Waals surface area contributed by atoms with Crippen molar-refractivity contribution in [3.63, 3.8) is 0 Å². The maximum Gasteiger partial charge on any atom is 0.202 e. The van der Waals surface area contributed by atoms with Crippen molar-refractivity contribution in [1.82, 2.24) is 10.1 Å². The summed E-state index contributed by atoms with van der Waals surface area (Å²) in [6.45, 7) is 2.42. The van der Waals surface area contributed by atoms with Crippen LogP contribution in [0.4, 0.5) is 0 Å². The Morgan fingerprint density at radius 2 is 2.39 bits per heavy atom. The molecule has 1 fully saturated rings. The van der Waals surface area contributed by atoms with E-state index in [1.807, 2.05) is 18.2 Å². The van der Waals surface area contributed by atoms with E-state index in [1.54, 1.807) is 6.26 Å². The summed E-state index contributed by atoms with van der Waals surface area (Å²) in [5, 5.41) is 13.6. The van der Waals surface area contributed by atoms with Gasteiger partial charge in [0.1, 0.15) is 0 Å². The summed E-state index contributed by atoms with van der Waals surface area (Å²) in [5.41, 5.74) is 0.871. The summed E-state index contributed by atoms with van der Waals surface area (Å²) in [7, 11) is 0. The first-order chi connectivity index (χ1) is 8.81. The summed E-state index contributed by atoms with van der Waals surface area (Å²) in [6.07, 6.45) is 3.32. The number of aromatic nitrogens is 1. The van der Waals surface area contributed by atoms with Crippen molar-refractivity contribution in [2.24, 2.45) is 0 Å². The van der Waals surface area contributed by atoms with Gasteiger partial charge in [-0.3, -0.25) is 4.90 Å². The molecule has 1 atom stereocenters. The van der Waals surface area contributed by atoms with Gasteiger partial charge in [-0.1, -0.05) is 5.16 Å². The molecule has 3 rings (SSSR count). The largest absolute Gasteiger partial charge is 0.461 e. The van der Waals surface area contributed by atoms with Crippen LogP contribution < -0.4 is 0 Å². The third-order valence-electron chi connectivity index (χ3n) is 3.19. The average molecular weight is 248 g/mol. The third kappa shape index (κ3) is 2.47. The Kier molecular flexibility index (Phi) is 3.17. The molecule has 0 amide bonds. The molecular formula is C13H16N2O3. The minimum atomic E-state index is -0.213. The zero-order chi connectivity index (χ0) is 12.4. The van der Waals surface area contributed by atoms with Crippen LogP contribution in [0.5, 0.6) is 0 Å². The van der Waals surface area contributed by atoms with Gasteiger partial charge in [0.05, 0.1) is 18.1 Å². The van der Waals surface area contributed by atoms with E-state index < -0.39 is 0 Å². The van der Waals surface area contributed by atoms with Crippen LogP contribution >= 0.6 is 0 Å². The van der Waals surface area contributed by atoms with Crippen LogP contribution in [0.2, 0.25) is 0 Å². The second-order valence-corrected chi connectivity index (χ2v) is 4.69. The topological polar surface area (TPSA) is 62.6 Å². The van der Waals surface area contributed by atoms with E-state index >= 15 is 0 Å². The highest BCUT2D eigenvalue weighted by molar-refractivity contribution is 5.49. The van der Waals surface area contributed by atoms with E-state index in [2.05, 4.69) is 10.1 Å². The van der Waals surface area contributed by atoms with Gasteiger partial charge in [0.2, 0.25) is 5.76 Å². The van der Waals surface area contributed by atoms with Crippen molar-refractivity contribution >= 4 is 0 Å². The summed E-state index contributed by atoms with van der Waals surface area (Å²) in [4.78, 5) is 2.19. The van der Waals surface area contributed by atoms with Crippen molar-refractivity contribution in [2.45, 2.75) is 25.5 Å². The predicted octanol–water partition coefficient (Wildman–Crippen LogP) is 1.89. The summed E-state index contributed by atoms with van der Waals surface area (Å²) in [6, 6.07) is 5.55. The number of piperidine rings is 1. The van der Waals surface area contributed by atoms with Gasteiger partial charge in [-0.2, -0.15) is 0 Å². The SMILES string of the molecule is O[C@H]1CCCN(Cc2cc(-c3ccco3)on2)C1. The predicted molar refractivity (Wildman–Crippen MR) is 64.7 cm³/mol. The van der Waals surface area contributed by atoms with E-state index in [4.69, 9.17) is 8.94 Å². The van der Waals surface area contributed by atoms with Gasteiger partial charge < -0.3 is 14.0 Å². The molecule has 1 N–H and O–H groups in total. The molecule has 1 saturated heterocycles. The molecule has 0 radical (unpaired) electrons. The van der Waals surface area contributed by atoms with Gasteiger partial charge >= 0.3 is 0 Å². The zero-order valence-electron chi connectivity index (χ0n) is 10.1. The van der Waals surface area contributed by atoms with E-state index in [1.165, 1.54) is 0 Å². The molecular weight excluding hydrogens is 232 g/mol. The average Bonchev–Trinajstić information content (AvgIpc) is 2.98. The van der Waals surface area contributed by atoms with Crippen molar-refractivity contribution < 1.29 is 14.0 Å². The van der Waals surface area contributed by atoms with Crippen LogP contribution in [0, 0.1) is 0 Å². The molecule has 18 heavy (non-hydrogen) atoms. The Balaban J connectivity index is 1.66. The maximum atomic E-state index is 9.61. The van der Waals surface area contributed by atoms with Gasteiger partial charge in [0, 0.05) is 19.2 Å². The van der Waals surface area contributed by atoms with Gasteiger partial charge in [0.15, 0.2) is 5.76 Å². The Bertz CT molecular complexity index is 492. The number of nitrogens with zero attached hydrogens (tertiary/aromatic N) is 2. The molecule has 96 valence electrons. The number of rotatable bonds is 3. The van der Waals surface area contributed by atoms with Crippen LogP contribution in [0.15, 0.2) is 33.4 Å². The van der Waals surface area contributed by atoms with Gasteiger partial charge in [-0.05, 0) is 31.5 Å². The van der Waals surface area contributed by atoms with Crippen molar-refractivity contribution in [2.75, 3.05) is 13.1 Å². The molecule has 5 heteroatoms. The third-order valence-corrected chi connectivity index (χ3v) is 3.19. The Morgan fingerprint density at radius 1 is 1.44 bits per heavy atom. The molecule has 0 aromatic carbocycles. The van der Waals surface area contributed by atoms with Crippen molar-refractivity contribution in [3.05, 3.63) is 30.2 Å². The lowest BCUT2D eigenvalue weighted by molar-refractivity contribution is 0.0657. The van der Waals surface area contributed by atoms with Crippen LogP contribution in [0.3, 0.4) is 0 Å². The van der Waals surface area contributed by atoms with Crippen molar-refractivity contribution in [3.8, 4) is 11.5 Å². The molecule has 2 aromatic heterocycles. The highest BCUT2D eigenvalue weighted by Gasteiger charge is 2.19. The fourth-order valence-electron chi connectivity index (χ4n) is 2.33. The zero-order valence-corrected chi connectivity index (χ0v) is 10.1.